The van der Waals surface area contributed by atoms with Crippen LogP contribution < -0.4 is 19.1 Å². The maximum atomic E-state index is 13.9. The number of nitrogens with zero attached hydrogens (tertiary/aromatic N) is 5. The van der Waals surface area contributed by atoms with Crippen LogP contribution in [0.15, 0.2) is 54.6 Å². The molecule has 0 saturated carbocycles. The smallest absolute Gasteiger partial charge is 0.254 e. The molecule has 49 heavy (non-hydrogen) atoms. The number of carbonyl (C=O) groups is 1. The van der Waals surface area contributed by atoms with Gasteiger partial charge < -0.3 is 38.2 Å². The average molecular weight is 709 g/mol. The molecule has 0 N–H and O–H groups in total. The van der Waals surface area contributed by atoms with E-state index in [0.717, 1.165) is 81.1 Å². The van der Waals surface area contributed by atoms with Gasteiger partial charge >= 0.3 is 0 Å². The van der Waals surface area contributed by atoms with Crippen molar-refractivity contribution in [2.45, 2.75) is 38.1 Å². The topological polar surface area (TPSA) is 81.5 Å². The molecular formula is C37H43Cl2N5O5. The van der Waals surface area contributed by atoms with Crippen molar-refractivity contribution >= 4 is 46.1 Å². The molecule has 1 aromatic heterocycles. The summed E-state index contributed by atoms with van der Waals surface area (Å²) in [7, 11) is 1.57. The third-order valence-corrected chi connectivity index (χ3v) is 10.9. The predicted molar refractivity (Wildman–Crippen MR) is 192 cm³/mol. The summed E-state index contributed by atoms with van der Waals surface area (Å²) < 4.78 is 24.7. The van der Waals surface area contributed by atoms with Crippen LogP contribution >= 0.6 is 23.2 Å². The lowest BCUT2D eigenvalue weighted by atomic mass is 9.76. The molecule has 260 valence electrons. The lowest BCUT2D eigenvalue weighted by molar-refractivity contribution is 0.0780. The Balaban J connectivity index is 1.08. The van der Waals surface area contributed by atoms with Crippen LogP contribution in [0.3, 0.4) is 0 Å². The second kappa shape index (κ2) is 14.6. The molecule has 1 amide bonds. The minimum atomic E-state index is -0.274. The van der Waals surface area contributed by atoms with Crippen LogP contribution in [0.2, 0.25) is 10.0 Å². The van der Waals surface area contributed by atoms with Crippen LogP contribution in [-0.2, 0) is 16.7 Å². The molecular weight excluding hydrogens is 665 g/mol. The second-order valence-corrected chi connectivity index (χ2v) is 13.8. The van der Waals surface area contributed by atoms with Crippen molar-refractivity contribution in [3.05, 3.63) is 75.8 Å². The first-order chi connectivity index (χ1) is 23.9. The number of anilines is 1. The summed E-state index contributed by atoms with van der Waals surface area (Å²) >= 11 is 12.9. The number of likely N-dealkylation sites (tertiary alicyclic amines) is 1. The van der Waals surface area contributed by atoms with Crippen molar-refractivity contribution in [3.63, 3.8) is 0 Å². The van der Waals surface area contributed by atoms with Crippen molar-refractivity contribution in [1.29, 1.82) is 0 Å². The molecule has 0 aliphatic carbocycles. The number of halogens is 2. The van der Waals surface area contributed by atoms with Gasteiger partial charge in [-0.05, 0) is 81.2 Å². The van der Waals surface area contributed by atoms with Gasteiger partial charge in [-0.1, -0.05) is 41.4 Å². The molecule has 7 rings (SSSR count). The van der Waals surface area contributed by atoms with Crippen molar-refractivity contribution in [3.8, 4) is 17.2 Å². The molecule has 4 heterocycles. The summed E-state index contributed by atoms with van der Waals surface area (Å²) in [6, 6.07) is 17.8. The normalized spacial score (nSPS) is 19.5. The summed E-state index contributed by atoms with van der Waals surface area (Å²) in [4.78, 5) is 25.9. The van der Waals surface area contributed by atoms with Crippen LogP contribution in [-0.4, -0.2) is 98.2 Å². The molecule has 0 spiro atoms. The van der Waals surface area contributed by atoms with Crippen LogP contribution in [0.5, 0.6) is 17.2 Å². The van der Waals surface area contributed by atoms with E-state index in [1.54, 1.807) is 19.2 Å². The maximum Gasteiger partial charge on any atom is 0.254 e. The van der Waals surface area contributed by atoms with E-state index in [4.69, 9.17) is 47.1 Å². The zero-order valence-corrected chi connectivity index (χ0v) is 29.6. The average Bonchev–Trinajstić information content (AvgIpc) is 3.82. The Morgan fingerprint density at radius 2 is 1.86 bits per heavy atom. The van der Waals surface area contributed by atoms with Crippen LogP contribution in [0.4, 0.5) is 5.95 Å². The molecule has 10 nitrogen and oxygen atoms in total. The predicted octanol–water partition coefficient (Wildman–Crippen LogP) is 6.50. The number of carbonyl (C=O) groups excluding carboxylic acids is 1. The standard InChI is InChI=1S/C37H43Cl2N5O5/c1-3-47-20-19-44-31-8-5-4-7-30(31)40-36(44)42-14-6-13-41(17-18-42)15-11-37(27-9-10-28(38)29(39)23-27)12-16-43(24-37)35(45)26-21-32(46-2)34-33(22-26)48-25-49-34/h4-5,7-10,21-23H,3,6,11-20,24-25H2,1-2H3. The molecule has 3 aliphatic heterocycles. The Bertz CT molecular complexity index is 1820. The minimum absolute atomic E-state index is 0.0591. The fourth-order valence-electron chi connectivity index (χ4n) is 7.48. The first kappa shape index (κ1) is 33.8. The van der Waals surface area contributed by atoms with Crippen molar-refractivity contribution in [2.75, 3.05) is 77.8 Å². The number of benzene rings is 3. The largest absolute Gasteiger partial charge is 0.493 e. The van der Waals surface area contributed by atoms with Crippen LogP contribution in [0, 0.1) is 0 Å². The van der Waals surface area contributed by atoms with Gasteiger partial charge in [-0.15, -0.1) is 0 Å². The van der Waals surface area contributed by atoms with Gasteiger partial charge in [-0.3, -0.25) is 4.79 Å². The van der Waals surface area contributed by atoms with Gasteiger partial charge in [0.05, 0.1) is 34.8 Å². The number of imidazole rings is 1. The number of methoxy groups -OCH3 is 1. The number of ether oxygens (including phenoxy) is 4. The van der Waals surface area contributed by atoms with Crippen molar-refractivity contribution in [2.24, 2.45) is 0 Å². The molecule has 0 radical (unpaired) electrons. The highest BCUT2D eigenvalue weighted by Gasteiger charge is 2.42. The molecule has 1 unspecified atom stereocenters. The van der Waals surface area contributed by atoms with E-state index in [9.17, 15) is 4.79 Å². The highest BCUT2D eigenvalue weighted by Crippen LogP contribution is 2.44. The summed E-state index contributed by atoms with van der Waals surface area (Å²) in [5.41, 5.74) is 3.51. The molecule has 12 heteroatoms. The van der Waals surface area contributed by atoms with Gasteiger partial charge in [-0.2, -0.15) is 0 Å². The van der Waals surface area contributed by atoms with Gasteiger partial charge in [-0.25, -0.2) is 4.98 Å². The Morgan fingerprint density at radius 3 is 2.69 bits per heavy atom. The van der Waals surface area contributed by atoms with E-state index in [0.29, 0.717) is 59.2 Å². The number of hydrogen-bond acceptors (Lipinski definition) is 8. The van der Waals surface area contributed by atoms with E-state index in [2.05, 4.69) is 38.6 Å². The Kier molecular flexibility index (Phi) is 10.1. The molecule has 4 aromatic rings. The Morgan fingerprint density at radius 1 is 0.980 bits per heavy atom. The lowest BCUT2D eigenvalue weighted by Gasteiger charge is -2.33. The highest BCUT2D eigenvalue weighted by molar-refractivity contribution is 6.42. The fourth-order valence-corrected chi connectivity index (χ4v) is 7.78. The summed E-state index contributed by atoms with van der Waals surface area (Å²) in [6.45, 7) is 10.1. The van der Waals surface area contributed by atoms with Gasteiger partial charge in [0.1, 0.15) is 0 Å². The number of amides is 1. The van der Waals surface area contributed by atoms with Gasteiger partial charge in [0.25, 0.3) is 5.91 Å². The number of fused-ring (bicyclic) bond motifs is 2. The third kappa shape index (κ3) is 6.88. The van der Waals surface area contributed by atoms with Crippen LogP contribution in [0.25, 0.3) is 11.0 Å². The van der Waals surface area contributed by atoms with Gasteiger partial charge in [0.2, 0.25) is 18.5 Å². The molecule has 0 bridgehead atoms. The quantitative estimate of drug-likeness (QED) is 0.164. The van der Waals surface area contributed by atoms with E-state index in [-0.39, 0.29) is 18.1 Å². The maximum absolute atomic E-state index is 13.9. The zero-order chi connectivity index (χ0) is 34.0. The van der Waals surface area contributed by atoms with Gasteiger partial charge in [0, 0.05) is 56.9 Å². The fraction of sp³-hybridized carbons (Fsp3) is 0.459. The zero-order valence-electron chi connectivity index (χ0n) is 28.1. The Labute approximate surface area is 297 Å². The molecule has 3 aliphatic rings. The number of para-hydroxylation sites is 2. The highest BCUT2D eigenvalue weighted by atomic mass is 35.5. The van der Waals surface area contributed by atoms with Gasteiger partial charge in [0.15, 0.2) is 11.5 Å². The van der Waals surface area contributed by atoms with E-state index >= 15 is 0 Å². The molecule has 2 fully saturated rings. The second-order valence-electron chi connectivity index (χ2n) is 13.0. The number of hydrogen-bond donors (Lipinski definition) is 0. The molecule has 3 aromatic carbocycles. The van der Waals surface area contributed by atoms with Crippen LogP contribution in [0.1, 0.15) is 42.1 Å². The molecule has 1 atom stereocenters. The summed E-state index contributed by atoms with van der Waals surface area (Å²) in [5, 5.41) is 1.06. The Hall–Kier alpha value is -3.70. The third-order valence-electron chi connectivity index (χ3n) is 10.2. The van der Waals surface area contributed by atoms with E-state index in [1.165, 1.54) is 0 Å². The molecule has 2 saturated heterocycles. The first-order valence-corrected chi connectivity index (χ1v) is 17.9. The monoisotopic (exact) mass is 707 g/mol. The van der Waals surface area contributed by atoms with Crippen molar-refractivity contribution < 1.29 is 23.7 Å². The summed E-state index contributed by atoms with van der Waals surface area (Å²) in [6.07, 6.45) is 2.74. The lowest BCUT2D eigenvalue weighted by Crippen LogP contribution is -2.39. The number of rotatable bonds is 11. The minimum Gasteiger partial charge on any atom is -0.493 e. The number of aromatic nitrogens is 2. The van der Waals surface area contributed by atoms with E-state index in [1.807, 2.05) is 30.0 Å². The first-order valence-electron chi connectivity index (χ1n) is 17.1. The summed E-state index contributed by atoms with van der Waals surface area (Å²) in [5.74, 6) is 2.51. The SMILES string of the molecule is CCOCCn1c(N2CCCN(CCC3(c4ccc(Cl)c(Cl)c4)CCN(C(=O)c4cc(OC)c5c(c4)OCO5)C3)CC2)nc2ccccc21. The van der Waals surface area contributed by atoms with E-state index < -0.39 is 0 Å². The van der Waals surface area contributed by atoms with Crippen molar-refractivity contribution in [1.82, 2.24) is 19.4 Å².